The Bertz CT molecular complexity index is 648. The first-order chi connectivity index (χ1) is 11.7. The highest BCUT2D eigenvalue weighted by atomic mass is 16.7. The molecule has 0 spiro atoms. The first kappa shape index (κ1) is 18.6. The van der Waals surface area contributed by atoms with Crippen molar-refractivity contribution in [1.29, 1.82) is 0 Å². The number of benzene rings is 2. The van der Waals surface area contributed by atoms with Crippen LogP contribution in [0.2, 0.25) is 0 Å². The zero-order valence-corrected chi connectivity index (χ0v) is 14.7. The molecule has 4 nitrogen and oxygen atoms in total. The van der Waals surface area contributed by atoms with Crippen molar-refractivity contribution < 1.29 is 19.0 Å². The summed E-state index contributed by atoms with van der Waals surface area (Å²) in [6, 6.07) is 13.7. The Kier molecular flexibility index (Phi) is 7.37. The highest BCUT2D eigenvalue weighted by Crippen LogP contribution is 2.22. The summed E-state index contributed by atoms with van der Waals surface area (Å²) in [6.45, 7) is 2.29. The van der Waals surface area contributed by atoms with E-state index in [9.17, 15) is 4.79 Å². The zero-order chi connectivity index (χ0) is 17.4. The van der Waals surface area contributed by atoms with Gasteiger partial charge in [-0.1, -0.05) is 55.8 Å². The fourth-order valence-electron chi connectivity index (χ4n) is 2.94. The lowest BCUT2D eigenvalue weighted by atomic mass is 9.96. The molecule has 0 amide bonds. The monoisotopic (exact) mass is 330 g/mol. The summed E-state index contributed by atoms with van der Waals surface area (Å²) >= 11 is 0. The van der Waals surface area contributed by atoms with E-state index in [2.05, 4.69) is 6.92 Å². The van der Waals surface area contributed by atoms with Gasteiger partial charge in [-0.2, -0.15) is 0 Å². The molecule has 0 heterocycles. The molecular weight excluding hydrogens is 304 g/mol. The zero-order valence-electron chi connectivity index (χ0n) is 14.7. The lowest BCUT2D eigenvalue weighted by Gasteiger charge is -2.25. The molecule has 0 N–H and O–H groups in total. The van der Waals surface area contributed by atoms with Gasteiger partial charge in [0.1, 0.15) is 6.79 Å². The van der Waals surface area contributed by atoms with Crippen molar-refractivity contribution in [2.75, 3.05) is 21.0 Å². The van der Waals surface area contributed by atoms with Gasteiger partial charge in [0, 0.05) is 26.2 Å². The van der Waals surface area contributed by atoms with Gasteiger partial charge in [-0.05, 0) is 17.2 Å². The van der Waals surface area contributed by atoms with Gasteiger partial charge in [-0.3, -0.25) is 4.79 Å². The van der Waals surface area contributed by atoms with E-state index in [0.29, 0.717) is 6.42 Å². The van der Waals surface area contributed by atoms with Gasteiger partial charge in [0.15, 0.2) is 5.78 Å². The summed E-state index contributed by atoms with van der Waals surface area (Å²) in [5, 5.41) is 2.04. The maximum atomic E-state index is 12.8. The number of ketones is 1. The Morgan fingerprint density at radius 2 is 1.79 bits per heavy atom. The number of methoxy groups -OCH3 is 2. The van der Waals surface area contributed by atoms with Crippen LogP contribution in [0.5, 0.6) is 0 Å². The maximum Gasteiger partial charge on any atom is 0.166 e. The number of rotatable bonds is 10. The topological polar surface area (TPSA) is 44.8 Å². The van der Waals surface area contributed by atoms with Crippen LogP contribution < -0.4 is 0 Å². The van der Waals surface area contributed by atoms with Crippen molar-refractivity contribution in [3.05, 3.63) is 48.0 Å². The third-order valence-electron chi connectivity index (χ3n) is 4.17. The summed E-state index contributed by atoms with van der Waals surface area (Å²) in [6.07, 6.45) is 1.63. The minimum absolute atomic E-state index is 0.0702. The van der Waals surface area contributed by atoms with Crippen LogP contribution in [0.15, 0.2) is 42.5 Å². The number of carbonyl (C=O) groups is 1. The summed E-state index contributed by atoms with van der Waals surface area (Å²) < 4.78 is 16.3. The third-order valence-corrected chi connectivity index (χ3v) is 4.17. The fraction of sp³-hybridized carbons (Fsp3) is 0.450. The van der Waals surface area contributed by atoms with E-state index >= 15 is 0 Å². The standard InChI is InChI=1S/C20H26O4/c1-4-8-19(24-14-22-2)20(23-3)13-18(21)17-12-7-10-15-9-5-6-11-16(15)17/h5-7,9-12,19-20H,4,8,13-14H2,1-3H3. The molecule has 0 aliphatic carbocycles. The average molecular weight is 330 g/mol. The summed E-state index contributed by atoms with van der Waals surface area (Å²) in [7, 11) is 3.21. The quantitative estimate of drug-likeness (QED) is 0.483. The second-order valence-electron chi connectivity index (χ2n) is 5.83. The summed E-state index contributed by atoms with van der Waals surface area (Å²) in [4.78, 5) is 12.8. The Morgan fingerprint density at radius 3 is 2.50 bits per heavy atom. The van der Waals surface area contributed by atoms with E-state index in [1.165, 1.54) is 0 Å². The second kappa shape index (κ2) is 9.52. The minimum Gasteiger partial charge on any atom is -0.378 e. The van der Waals surface area contributed by atoms with Crippen molar-refractivity contribution in [2.24, 2.45) is 0 Å². The number of hydrogen-bond acceptors (Lipinski definition) is 4. The van der Waals surface area contributed by atoms with E-state index in [1.807, 2.05) is 42.5 Å². The van der Waals surface area contributed by atoms with E-state index in [4.69, 9.17) is 14.2 Å². The Hall–Kier alpha value is -1.75. The molecule has 4 heteroatoms. The molecule has 0 fully saturated rings. The molecule has 0 aliphatic rings. The predicted octanol–water partition coefficient (Wildman–Crippen LogP) is 4.22. The molecular formula is C20H26O4. The summed E-state index contributed by atoms with van der Waals surface area (Å²) in [5.41, 5.74) is 0.733. The molecule has 0 aromatic heterocycles. The largest absolute Gasteiger partial charge is 0.378 e. The van der Waals surface area contributed by atoms with Crippen molar-refractivity contribution in [1.82, 2.24) is 0 Å². The lowest BCUT2D eigenvalue weighted by Crippen LogP contribution is -2.33. The smallest absolute Gasteiger partial charge is 0.166 e. The van der Waals surface area contributed by atoms with Crippen LogP contribution in [0.1, 0.15) is 36.5 Å². The van der Waals surface area contributed by atoms with E-state index in [0.717, 1.165) is 29.2 Å². The molecule has 0 saturated carbocycles. The molecule has 2 atom stereocenters. The van der Waals surface area contributed by atoms with E-state index in [1.54, 1.807) is 14.2 Å². The first-order valence-corrected chi connectivity index (χ1v) is 8.35. The van der Waals surface area contributed by atoms with Gasteiger partial charge in [-0.15, -0.1) is 0 Å². The number of hydrogen-bond donors (Lipinski definition) is 0. The molecule has 24 heavy (non-hydrogen) atoms. The lowest BCUT2D eigenvalue weighted by molar-refractivity contribution is -0.122. The minimum atomic E-state index is -0.286. The number of Topliss-reactive ketones (excluding diaryl/α,β-unsaturated/α-hetero) is 1. The van der Waals surface area contributed by atoms with Crippen molar-refractivity contribution >= 4 is 16.6 Å². The normalized spacial score (nSPS) is 13.8. The van der Waals surface area contributed by atoms with Crippen LogP contribution in [-0.4, -0.2) is 39.0 Å². The Balaban J connectivity index is 2.18. The molecule has 0 bridgehead atoms. The van der Waals surface area contributed by atoms with Crippen molar-refractivity contribution in [3.63, 3.8) is 0 Å². The van der Waals surface area contributed by atoms with Crippen LogP contribution in [-0.2, 0) is 14.2 Å². The predicted molar refractivity (Wildman–Crippen MR) is 95.3 cm³/mol. The van der Waals surface area contributed by atoms with Gasteiger partial charge in [0.25, 0.3) is 0 Å². The second-order valence-corrected chi connectivity index (χ2v) is 5.83. The molecule has 2 aromatic carbocycles. The van der Waals surface area contributed by atoms with Crippen molar-refractivity contribution in [3.8, 4) is 0 Å². The van der Waals surface area contributed by atoms with Gasteiger partial charge in [0.2, 0.25) is 0 Å². The Labute approximate surface area is 143 Å². The van der Waals surface area contributed by atoms with Gasteiger partial charge >= 0.3 is 0 Å². The summed E-state index contributed by atoms with van der Waals surface area (Å²) in [5.74, 6) is 0.0702. The van der Waals surface area contributed by atoms with E-state index < -0.39 is 0 Å². The Morgan fingerprint density at radius 1 is 1.04 bits per heavy atom. The SMILES string of the molecule is CCCC(OCOC)C(CC(=O)c1cccc2ccccc12)OC. The number of fused-ring (bicyclic) bond motifs is 1. The van der Waals surface area contributed by atoms with Crippen LogP contribution in [0.25, 0.3) is 10.8 Å². The van der Waals surface area contributed by atoms with Crippen LogP contribution in [0.3, 0.4) is 0 Å². The molecule has 0 aliphatic heterocycles. The number of carbonyl (C=O) groups excluding carboxylic acids is 1. The average Bonchev–Trinajstić information content (AvgIpc) is 2.62. The van der Waals surface area contributed by atoms with Gasteiger partial charge in [0.05, 0.1) is 12.2 Å². The van der Waals surface area contributed by atoms with Crippen molar-refractivity contribution in [2.45, 2.75) is 38.4 Å². The maximum absolute atomic E-state index is 12.8. The van der Waals surface area contributed by atoms with Gasteiger partial charge < -0.3 is 14.2 Å². The van der Waals surface area contributed by atoms with Crippen LogP contribution >= 0.6 is 0 Å². The fourth-order valence-corrected chi connectivity index (χ4v) is 2.94. The molecule has 130 valence electrons. The first-order valence-electron chi connectivity index (χ1n) is 8.35. The molecule has 2 aromatic rings. The van der Waals surface area contributed by atoms with Crippen LogP contribution in [0, 0.1) is 0 Å². The third kappa shape index (κ3) is 4.63. The van der Waals surface area contributed by atoms with E-state index in [-0.39, 0.29) is 24.8 Å². The van der Waals surface area contributed by atoms with Crippen LogP contribution in [0.4, 0.5) is 0 Å². The highest BCUT2D eigenvalue weighted by Gasteiger charge is 2.25. The molecule has 0 radical (unpaired) electrons. The van der Waals surface area contributed by atoms with Gasteiger partial charge in [-0.25, -0.2) is 0 Å². The molecule has 0 saturated heterocycles. The molecule has 2 rings (SSSR count). The number of ether oxygens (including phenoxy) is 3. The highest BCUT2D eigenvalue weighted by molar-refractivity contribution is 6.08. The molecule has 2 unspecified atom stereocenters.